The van der Waals surface area contributed by atoms with Crippen LogP contribution < -0.4 is 5.56 Å². The lowest BCUT2D eigenvalue weighted by Crippen LogP contribution is -2.38. The van der Waals surface area contributed by atoms with Crippen LogP contribution in [0.25, 0.3) is 10.9 Å². The van der Waals surface area contributed by atoms with Crippen LogP contribution in [-0.2, 0) is 16.1 Å². The molecule has 6 nitrogen and oxygen atoms in total. The summed E-state index contributed by atoms with van der Waals surface area (Å²) >= 11 is 0. The minimum Gasteiger partial charge on any atom is -0.385 e. The fourth-order valence-electron chi connectivity index (χ4n) is 3.71. The molecule has 0 saturated carbocycles. The number of methoxy groups -OCH3 is 1. The van der Waals surface area contributed by atoms with Crippen LogP contribution in [0.3, 0.4) is 0 Å². The van der Waals surface area contributed by atoms with E-state index in [-0.39, 0.29) is 17.5 Å². The molecule has 1 aromatic carbocycles. The molecule has 1 amide bonds. The minimum absolute atomic E-state index is 0.0489. The van der Waals surface area contributed by atoms with Crippen LogP contribution in [0.1, 0.15) is 71.2 Å². The second kappa shape index (κ2) is 11.7. The standard InChI is InChI=1S/C23H35N3O3/c1-5-7-8-9-15-21(27)26(16-12-17-29-4)18(3)22-24-20-14-11-10-13-19(20)23(28)25(22)6-2/h10-11,13-14,18H,5-9,12,15-17H2,1-4H3. The van der Waals surface area contributed by atoms with E-state index in [1.54, 1.807) is 17.7 Å². The van der Waals surface area contributed by atoms with Crippen LogP contribution in [0.5, 0.6) is 0 Å². The molecule has 2 aromatic rings. The van der Waals surface area contributed by atoms with Crippen molar-refractivity contribution in [3.05, 3.63) is 40.4 Å². The summed E-state index contributed by atoms with van der Waals surface area (Å²) in [5, 5.41) is 0.613. The Morgan fingerprint density at radius 1 is 1.17 bits per heavy atom. The Morgan fingerprint density at radius 2 is 1.93 bits per heavy atom. The van der Waals surface area contributed by atoms with E-state index >= 15 is 0 Å². The number of aromatic nitrogens is 2. The molecule has 0 aliphatic heterocycles. The van der Waals surface area contributed by atoms with Crippen molar-refractivity contribution in [2.45, 2.75) is 71.9 Å². The van der Waals surface area contributed by atoms with Gasteiger partial charge in [0.05, 0.1) is 16.9 Å². The van der Waals surface area contributed by atoms with Crippen LogP contribution in [0.2, 0.25) is 0 Å². The van der Waals surface area contributed by atoms with Gasteiger partial charge in [-0.1, -0.05) is 38.3 Å². The van der Waals surface area contributed by atoms with E-state index in [9.17, 15) is 9.59 Å². The molecular formula is C23H35N3O3. The zero-order valence-corrected chi connectivity index (χ0v) is 18.3. The highest BCUT2D eigenvalue weighted by Crippen LogP contribution is 2.22. The largest absolute Gasteiger partial charge is 0.385 e. The Balaban J connectivity index is 2.34. The highest BCUT2D eigenvalue weighted by molar-refractivity contribution is 5.78. The van der Waals surface area contributed by atoms with Crippen molar-refractivity contribution in [2.24, 2.45) is 0 Å². The Labute approximate surface area is 173 Å². The summed E-state index contributed by atoms with van der Waals surface area (Å²) in [4.78, 5) is 32.7. The average molecular weight is 402 g/mol. The third kappa shape index (κ3) is 5.89. The summed E-state index contributed by atoms with van der Waals surface area (Å²) in [6.45, 7) is 7.78. The second-order valence-electron chi connectivity index (χ2n) is 7.46. The lowest BCUT2D eigenvalue weighted by molar-refractivity contribution is -0.134. The monoisotopic (exact) mass is 401 g/mol. The van der Waals surface area contributed by atoms with Crippen LogP contribution >= 0.6 is 0 Å². The fourth-order valence-corrected chi connectivity index (χ4v) is 3.71. The third-order valence-electron chi connectivity index (χ3n) is 5.36. The molecule has 0 fully saturated rings. The number of amides is 1. The van der Waals surface area contributed by atoms with Gasteiger partial charge in [0.25, 0.3) is 5.56 Å². The maximum Gasteiger partial charge on any atom is 0.261 e. The third-order valence-corrected chi connectivity index (χ3v) is 5.36. The summed E-state index contributed by atoms with van der Waals surface area (Å²) in [6.07, 6.45) is 5.54. The summed E-state index contributed by atoms with van der Waals surface area (Å²) in [6, 6.07) is 7.12. The van der Waals surface area contributed by atoms with Gasteiger partial charge in [-0.2, -0.15) is 0 Å². The Bertz CT molecular complexity index is 847. The molecular weight excluding hydrogens is 366 g/mol. The maximum absolute atomic E-state index is 13.0. The fraction of sp³-hybridized carbons (Fsp3) is 0.609. The lowest BCUT2D eigenvalue weighted by atomic mass is 10.1. The normalized spacial score (nSPS) is 12.3. The molecule has 0 aliphatic carbocycles. The van der Waals surface area contributed by atoms with Crippen LogP contribution in [0.4, 0.5) is 0 Å². The van der Waals surface area contributed by atoms with Gasteiger partial charge >= 0.3 is 0 Å². The van der Waals surface area contributed by atoms with Crippen LogP contribution in [0.15, 0.2) is 29.1 Å². The molecule has 0 N–H and O–H groups in total. The van der Waals surface area contributed by atoms with Gasteiger partial charge < -0.3 is 9.64 Å². The average Bonchev–Trinajstić information content (AvgIpc) is 2.73. The van der Waals surface area contributed by atoms with Crippen LogP contribution in [-0.4, -0.2) is 40.6 Å². The zero-order chi connectivity index (χ0) is 21.2. The molecule has 0 saturated heterocycles. The molecule has 0 bridgehead atoms. The van der Waals surface area contributed by atoms with E-state index in [4.69, 9.17) is 9.72 Å². The molecule has 0 radical (unpaired) electrons. The number of hydrogen-bond donors (Lipinski definition) is 0. The first-order valence-electron chi connectivity index (χ1n) is 10.8. The Morgan fingerprint density at radius 3 is 2.62 bits per heavy atom. The molecule has 0 spiro atoms. The quantitative estimate of drug-likeness (QED) is 0.497. The number of ether oxygens (including phenoxy) is 1. The summed E-state index contributed by atoms with van der Waals surface area (Å²) in [7, 11) is 1.67. The Hall–Kier alpha value is -2.21. The topological polar surface area (TPSA) is 64.4 Å². The summed E-state index contributed by atoms with van der Waals surface area (Å²) in [5.74, 6) is 0.769. The van der Waals surface area contributed by atoms with E-state index in [1.165, 1.54) is 0 Å². The number of nitrogens with zero attached hydrogens (tertiary/aromatic N) is 3. The highest BCUT2D eigenvalue weighted by Gasteiger charge is 2.25. The van der Waals surface area contributed by atoms with Gasteiger partial charge in [0.2, 0.25) is 5.91 Å². The van der Waals surface area contributed by atoms with Crippen molar-refractivity contribution < 1.29 is 9.53 Å². The first-order chi connectivity index (χ1) is 14.0. The number of rotatable bonds is 12. The van der Waals surface area contributed by atoms with Crippen molar-refractivity contribution in [3.63, 3.8) is 0 Å². The van der Waals surface area contributed by atoms with Crippen molar-refractivity contribution in [3.8, 4) is 0 Å². The highest BCUT2D eigenvalue weighted by atomic mass is 16.5. The Kier molecular flexibility index (Phi) is 9.32. The minimum atomic E-state index is -0.275. The molecule has 0 aliphatic rings. The van der Waals surface area contributed by atoms with Gasteiger partial charge in [-0.15, -0.1) is 0 Å². The molecule has 160 valence electrons. The van der Waals surface area contributed by atoms with Crippen molar-refractivity contribution in [2.75, 3.05) is 20.3 Å². The second-order valence-corrected chi connectivity index (χ2v) is 7.46. The number of carbonyl (C=O) groups is 1. The van der Waals surface area contributed by atoms with Gasteiger partial charge in [0, 0.05) is 33.2 Å². The molecule has 1 heterocycles. The first-order valence-corrected chi connectivity index (χ1v) is 10.8. The number of para-hydroxylation sites is 1. The van der Waals surface area contributed by atoms with Crippen molar-refractivity contribution in [1.82, 2.24) is 14.5 Å². The predicted molar refractivity (Wildman–Crippen MR) is 117 cm³/mol. The van der Waals surface area contributed by atoms with E-state index < -0.39 is 0 Å². The van der Waals surface area contributed by atoms with E-state index in [0.29, 0.717) is 42.8 Å². The molecule has 1 atom stereocenters. The SMILES string of the molecule is CCCCCCC(=O)N(CCCOC)C(C)c1nc2ccccc2c(=O)n1CC. The zero-order valence-electron chi connectivity index (χ0n) is 18.3. The molecule has 1 aromatic heterocycles. The molecule has 6 heteroatoms. The number of unbranched alkanes of at least 4 members (excludes halogenated alkanes) is 3. The summed E-state index contributed by atoms with van der Waals surface area (Å²) in [5.41, 5.74) is 0.628. The number of hydrogen-bond acceptors (Lipinski definition) is 4. The number of benzene rings is 1. The molecule has 2 rings (SSSR count). The van der Waals surface area contributed by atoms with Gasteiger partial charge in [-0.25, -0.2) is 4.98 Å². The predicted octanol–water partition coefficient (Wildman–Crippen LogP) is 4.31. The molecule has 29 heavy (non-hydrogen) atoms. The van der Waals surface area contributed by atoms with Crippen LogP contribution in [0, 0.1) is 0 Å². The maximum atomic E-state index is 13.0. The first kappa shape index (κ1) is 23.1. The lowest BCUT2D eigenvalue weighted by Gasteiger charge is -2.30. The van der Waals surface area contributed by atoms with Gasteiger partial charge in [-0.05, 0) is 38.8 Å². The van der Waals surface area contributed by atoms with Gasteiger partial charge in [0.1, 0.15) is 5.82 Å². The van der Waals surface area contributed by atoms with Crippen molar-refractivity contribution in [1.29, 1.82) is 0 Å². The molecule has 1 unspecified atom stereocenters. The van der Waals surface area contributed by atoms with E-state index in [1.807, 2.05) is 36.9 Å². The number of carbonyl (C=O) groups excluding carboxylic acids is 1. The van der Waals surface area contributed by atoms with E-state index in [0.717, 1.165) is 32.1 Å². The van der Waals surface area contributed by atoms with Gasteiger partial charge in [-0.3, -0.25) is 14.2 Å². The smallest absolute Gasteiger partial charge is 0.261 e. The van der Waals surface area contributed by atoms with Crippen molar-refractivity contribution >= 4 is 16.8 Å². The summed E-state index contributed by atoms with van der Waals surface area (Å²) < 4.78 is 6.88. The van der Waals surface area contributed by atoms with Gasteiger partial charge in [0.15, 0.2) is 0 Å². The number of fused-ring (bicyclic) bond motifs is 1. The van der Waals surface area contributed by atoms with E-state index in [2.05, 4.69) is 6.92 Å².